The minimum Gasteiger partial charge on any atom is -0.223 e. The van der Waals surface area contributed by atoms with Gasteiger partial charge in [-0.3, -0.25) is 0 Å². The van der Waals surface area contributed by atoms with Gasteiger partial charge in [0.05, 0.1) is 16.2 Å². The Morgan fingerprint density at radius 2 is 1.70 bits per heavy atom. The van der Waals surface area contributed by atoms with Crippen LogP contribution in [0.15, 0.2) is 53.4 Å². The zero-order valence-electron chi connectivity index (χ0n) is 10.2. The highest BCUT2D eigenvalue weighted by Gasteiger charge is 2.30. The van der Waals surface area contributed by atoms with Crippen LogP contribution in [0, 0.1) is 6.07 Å². The average Bonchev–Trinajstić information content (AvgIpc) is 2.38. The first-order chi connectivity index (χ1) is 9.29. The van der Waals surface area contributed by atoms with Crippen molar-refractivity contribution in [3.05, 3.63) is 65.7 Å². The van der Waals surface area contributed by atoms with Gasteiger partial charge in [-0.2, -0.15) is 13.2 Å². The van der Waals surface area contributed by atoms with E-state index in [1.165, 1.54) is 36.4 Å². The molecule has 0 fully saturated rings. The predicted octanol–water partition coefficient (Wildman–Crippen LogP) is 3.48. The van der Waals surface area contributed by atoms with Crippen LogP contribution in [0.1, 0.15) is 11.1 Å². The molecule has 0 aliphatic carbocycles. The first-order valence-electron chi connectivity index (χ1n) is 5.64. The average molecular weight is 299 g/mol. The Morgan fingerprint density at radius 3 is 2.30 bits per heavy atom. The first kappa shape index (κ1) is 14.6. The van der Waals surface area contributed by atoms with Crippen molar-refractivity contribution in [1.82, 2.24) is 0 Å². The predicted molar refractivity (Wildman–Crippen MR) is 67.6 cm³/mol. The highest BCUT2D eigenvalue weighted by molar-refractivity contribution is 7.90. The molecule has 2 aromatic rings. The minimum atomic E-state index is -4.48. The van der Waals surface area contributed by atoms with Crippen LogP contribution in [0.3, 0.4) is 0 Å². The molecule has 0 bridgehead atoms. The van der Waals surface area contributed by atoms with E-state index in [-0.39, 0.29) is 10.5 Å². The molecule has 0 N–H and O–H groups in total. The molecule has 0 unspecified atom stereocenters. The monoisotopic (exact) mass is 299 g/mol. The maximum absolute atomic E-state index is 12.6. The minimum absolute atomic E-state index is 0.0636. The standard InChI is InChI=1S/C14H10F3O2S/c15-14(16,17)12-6-4-5-11(9-12)10-20(18,19)13-7-2-1-3-8-13/h2-9H,10H2. The van der Waals surface area contributed by atoms with Gasteiger partial charge in [-0.1, -0.05) is 30.3 Å². The molecule has 0 saturated heterocycles. The van der Waals surface area contributed by atoms with E-state index in [2.05, 4.69) is 6.07 Å². The van der Waals surface area contributed by atoms with Crippen LogP contribution in [0.4, 0.5) is 13.2 Å². The van der Waals surface area contributed by atoms with Gasteiger partial charge in [-0.05, 0) is 29.8 Å². The molecule has 0 amide bonds. The van der Waals surface area contributed by atoms with Crippen molar-refractivity contribution < 1.29 is 21.6 Å². The van der Waals surface area contributed by atoms with Crippen LogP contribution >= 0.6 is 0 Å². The van der Waals surface area contributed by atoms with Crippen molar-refractivity contribution in [2.45, 2.75) is 16.8 Å². The summed E-state index contributed by atoms with van der Waals surface area (Å²) in [7, 11) is -3.66. The van der Waals surface area contributed by atoms with Gasteiger partial charge in [0.25, 0.3) is 0 Å². The first-order valence-corrected chi connectivity index (χ1v) is 7.29. The Kier molecular flexibility index (Phi) is 3.85. The summed E-state index contributed by atoms with van der Waals surface area (Å²) in [6, 6.07) is 12.6. The molecule has 0 aliphatic heterocycles. The Labute approximate surface area is 114 Å². The van der Waals surface area contributed by atoms with Crippen LogP contribution < -0.4 is 0 Å². The number of halogens is 3. The van der Waals surface area contributed by atoms with Gasteiger partial charge in [0.2, 0.25) is 0 Å². The summed E-state index contributed by atoms with van der Waals surface area (Å²) in [6.07, 6.45) is -4.48. The summed E-state index contributed by atoms with van der Waals surface area (Å²) < 4.78 is 61.8. The largest absolute Gasteiger partial charge is 0.416 e. The number of hydrogen-bond donors (Lipinski definition) is 0. The molecule has 0 atom stereocenters. The maximum Gasteiger partial charge on any atom is 0.416 e. The van der Waals surface area contributed by atoms with Crippen LogP contribution in [-0.4, -0.2) is 8.42 Å². The van der Waals surface area contributed by atoms with Crippen molar-refractivity contribution in [3.63, 3.8) is 0 Å². The lowest BCUT2D eigenvalue weighted by molar-refractivity contribution is -0.137. The topological polar surface area (TPSA) is 34.1 Å². The summed E-state index contributed by atoms with van der Waals surface area (Å²) in [5, 5.41) is 0. The molecular weight excluding hydrogens is 289 g/mol. The fraction of sp³-hybridized carbons (Fsp3) is 0.143. The van der Waals surface area contributed by atoms with E-state index < -0.39 is 27.3 Å². The van der Waals surface area contributed by atoms with Crippen molar-refractivity contribution in [2.75, 3.05) is 0 Å². The fourth-order valence-electron chi connectivity index (χ4n) is 1.72. The summed E-state index contributed by atoms with van der Waals surface area (Å²) in [4.78, 5) is 0.0636. The van der Waals surface area contributed by atoms with Crippen molar-refractivity contribution >= 4 is 9.84 Å². The molecule has 2 nitrogen and oxygen atoms in total. The molecule has 0 spiro atoms. The van der Waals surface area contributed by atoms with Crippen LogP contribution in [0.2, 0.25) is 0 Å². The molecule has 105 valence electrons. The number of rotatable bonds is 3. The van der Waals surface area contributed by atoms with E-state index in [4.69, 9.17) is 0 Å². The van der Waals surface area contributed by atoms with Gasteiger partial charge in [-0.15, -0.1) is 0 Å². The lowest BCUT2D eigenvalue weighted by Crippen LogP contribution is -2.08. The smallest absolute Gasteiger partial charge is 0.223 e. The Bertz CT molecular complexity index is 692. The molecule has 0 aromatic heterocycles. The lowest BCUT2D eigenvalue weighted by Gasteiger charge is -2.09. The molecule has 0 aliphatic rings. The Balaban J connectivity index is 2.31. The molecule has 2 aromatic carbocycles. The van der Waals surface area contributed by atoms with Gasteiger partial charge in [-0.25, -0.2) is 8.42 Å². The van der Waals surface area contributed by atoms with Gasteiger partial charge < -0.3 is 0 Å². The SMILES string of the molecule is O=S(=O)(Cc1cccc(C(F)(F)F)c1)c1cc[c]cc1. The zero-order chi connectivity index (χ0) is 14.8. The number of sulfone groups is 1. The fourth-order valence-corrected chi connectivity index (χ4v) is 3.05. The van der Waals surface area contributed by atoms with Crippen LogP contribution in [0.25, 0.3) is 0 Å². The maximum atomic E-state index is 12.6. The van der Waals surface area contributed by atoms with Gasteiger partial charge in [0, 0.05) is 0 Å². The van der Waals surface area contributed by atoms with Crippen molar-refractivity contribution in [3.8, 4) is 0 Å². The third-order valence-electron chi connectivity index (χ3n) is 2.66. The normalized spacial score (nSPS) is 12.3. The van der Waals surface area contributed by atoms with Crippen molar-refractivity contribution in [2.24, 2.45) is 0 Å². The molecule has 0 saturated carbocycles. The summed E-state index contributed by atoms with van der Waals surface area (Å²) in [6.45, 7) is 0. The number of alkyl halides is 3. The van der Waals surface area contributed by atoms with E-state index in [1.807, 2.05) is 0 Å². The lowest BCUT2D eigenvalue weighted by atomic mass is 10.1. The van der Waals surface area contributed by atoms with E-state index in [9.17, 15) is 21.6 Å². The molecule has 1 radical (unpaired) electrons. The molecule has 0 heterocycles. The third-order valence-corrected chi connectivity index (χ3v) is 4.36. The second kappa shape index (κ2) is 5.28. The quantitative estimate of drug-likeness (QED) is 0.869. The van der Waals surface area contributed by atoms with Gasteiger partial charge >= 0.3 is 6.18 Å². The van der Waals surface area contributed by atoms with Crippen LogP contribution in [0.5, 0.6) is 0 Å². The number of hydrogen-bond acceptors (Lipinski definition) is 2. The van der Waals surface area contributed by atoms with Gasteiger partial charge in [0.15, 0.2) is 9.84 Å². The molecule has 6 heteroatoms. The van der Waals surface area contributed by atoms with Gasteiger partial charge in [0.1, 0.15) is 0 Å². The zero-order valence-corrected chi connectivity index (χ0v) is 11.0. The van der Waals surface area contributed by atoms with Crippen LogP contribution in [-0.2, 0) is 21.8 Å². The van der Waals surface area contributed by atoms with E-state index in [0.717, 1.165) is 12.1 Å². The third kappa shape index (κ3) is 3.39. The number of benzene rings is 2. The second-order valence-corrected chi connectivity index (χ2v) is 6.18. The Morgan fingerprint density at radius 1 is 1.05 bits per heavy atom. The van der Waals surface area contributed by atoms with E-state index in [0.29, 0.717) is 0 Å². The molecule has 2 rings (SSSR count). The Hall–Kier alpha value is -1.82. The highest BCUT2D eigenvalue weighted by Crippen LogP contribution is 2.30. The van der Waals surface area contributed by atoms with E-state index in [1.54, 1.807) is 0 Å². The highest BCUT2D eigenvalue weighted by atomic mass is 32.2. The summed E-state index contributed by atoms with van der Waals surface area (Å²) in [5.74, 6) is -0.471. The van der Waals surface area contributed by atoms with E-state index >= 15 is 0 Å². The molecule has 20 heavy (non-hydrogen) atoms. The summed E-state index contributed by atoms with van der Waals surface area (Å²) >= 11 is 0. The van der Waals surface area contributed by atoms with Crippen molar-refractivity contribution in [1.29, 1.82) is 0 Å². The second-order valence-electron chi connectivity index (χ2n) is 4.19. The summed E-state index contributed by atoms with van der Waals surface area (Å²) in [5.41, 5.74) is -0.751. The molecular formula is C14H10F3O2S.